The standard InChI is InChI=1S/C10H16S/c1-5-8-6-9(11-7-8)10(2,3)4/h6-7H,5H2,1-4H3. The van der Waals surface area contributed by atoms with Crippen LogP contribution in [-0.2, 0) is 11.8 Å². The molecule has 0 bridgehead atoms. The predicted molar refractivity (Wildman–Crippen MR) is 52.4 cm³/mol. The molecule has 1 aromatic heterocycles. The zero-order valence-corrected chi connectivity index (χ0v) is 8.59. The van der Waals surface area contributed by atoms with Crippen LogP contribution >= 0.6 is 11.3 Å². The first-order valence-electron chi connectivity index (χ1n) is 4.12. The van der Waals surface area contributed by atoms with Gasteiger partial charge in [-0.25, -0.2) is 0 Å². The molecule has 0 aromatic carbocycles. The summed E-state index contributed by atoms with van der Waals surface area (Å²) in [7, 11) is 0. The predicted octanol–water partition coefficient (Wildman–Crippen LogP) is 3.61. The van der Waals surface area contributed by atoms with Crippen molar-refractivity contribution < 1.29 is 0 Å². The molecule has 11 heavy (non-hydrogen) atoms. The van der Waals surface area contributed by atoms with Crippen LogP contribution in [0, 0.1) is 0 Å². The number of thiophene rings is 1. The molecule has 0 radical (unpaired) electrons. The Morgan fingerprint density at radius 2 is 2.00 bits per heavy atom. The van der Waals surface area contributed by atoms with Gasteiger partial charge in [0, 0.05) is 4.88 Å². The lowest BCUT2D eigenvalue weighted by molar-refractivity contribution is 0.603. The first-order valence-corrected chi connectivity index (χ1v) is 5.00. The fourth-order valence-corrected chi connectivity index (χ4v) is 2.04. The molecule has 0 aliphatic carbocycles. The van der Waals surface area contributed by atoms with E-state index in [4.69, 9.17) is 0 Å². The second-order valence-electron chi connectivity index (χ2n) is 3.92. The van der Waals surface area contributed by atoms with E-state index in [0.717, 1.165) is 6.42 Å². The van der Waals surface area contributed by atoms with E-state index in [1.54, 1.807) is 0 Å². The van der Waals surface area contributed by atoms with Crippen LogP contribution in [0.25, 0.3) is 0 Å². The fourth-order valence-electron chi connectivity index (χ4n) is 0.954. The van der Waals surface area contributed by atoms with E-state index >= 15 is 0 Å². The molecular weight excluding hydrogens is 152 g/mol. The molecule has 0 aliphatic heterocycles. The van der Waals surface area contributed by atoms with E-state index < -0.39 is 0 Å². The van der Waals surface area contributed by atoms with Crippen molar-refractivity contribution in [3.05, 3.63) is 21.9 Å². The Morgan fingerprint density at radius 3 is 2.27 bits per heavy atom. The van der Waals surface area contributed by atoms with Gasteiger partial charge in [0.1, 0.15) is 0 Å². The van der Waals surface area contributed by atoms with E-state index in [1.165, 1.54) is 10.4 Å². The van der Waals surface area contributed by atoms with Gasteiger partial charge in [-0.3, -0.25) is 0 Å². The maximum atomic E-state index is 2.32. The van der Waals surface area contributed by atoms with Crippen molar-refractivity contribution in [1.29, 1.82) is 0 Å². The molecule has 1 heteroatoms. The molecule has 0 saturated carbocycles. The number of hydrogen-bond donors (Lipinski definition) is 0. The first kappa shape index (κ1) is 8.79. The molecule has 1 aromatic rings. The Kier molecular flexibility index (Phi) is 2.38. The van der Waals surface area contributed by atoms with E-state index in [-0.39, 0.29) is 0 Å². The van der Waals surface area contributed by atoms with Crippen LogP contribution in [-0.4, -0.2) is 0 Å². The summed E-state index contributed by atoms with van der Waals surface area (Å²) in [6.07, 6.45) is 1.16. The zero-order chi connectivity index (χ0) is 8.48. The summed E-state index contributed by atoms with van der Waals surface area (Å²) in [5.74, 6) is 0. The lowest BCUT2D eigenvalue weighted by atomic mass is 9.94. The maximum Gasteiger partial charge on any atom is 0.0102 e. The minimum Gasteiger partial charge on any atom is -0.148 e. The third-order valence-corrected chi connectivity index (χ3v) is 3.21. The van der Waals surface area contributed by atoms with Gasteiger partial charge in [-0.05, 0) is 28.8 Å². The van der Waals surface area contributed by atoms with Gasteiger partial charge in [0.15, 0.2) is 0 Å². The largest absolute Gasteiger partial charge is 0.148 e. The van der Waals surface area contributed by atoms with Gasteiger partial charge in [0.25, 0.3) is 0 Å². The van der Waals surface area contributed by atoms with Crippen LogP contribution in [0.4, 0.5) is 0 Å². The maximum absolute atomic E-state index is 2.32. The van der Waals surface area contributed by atoms with Crippen molar-refractivity contribution in [1.82, 2.24) is 0 Å². The van der Waals surface area contributed by atoms with Gasteiger partial charge in [-0.15, -0.1) is 11.3 Å². The molecule has 0 amide bonds. The first-order chi connectivity index (χ1) is 5.04. The molecule has 0 atom stereocenters. The van der Waals surface area contributed by atoms with Crippen molar-refractivity contribution in [2.45, 2.75) is 39.5 Å². The third kappa shape index (κ3) is 2.06. The van der Waals surface area contributed by atoms with Crippen molar-refractivity contribution in [2.75, 3.05) is 0 Å². The molecule has 0 N–H and O–H groups in total. The Bertz CT molecular complexity index is 227. The van der Waals surface area contributed by atoms with E-state index in [0.29, 0.717) is 5.41 Å². The van der Waals surface area contributed by atoms with Gasteiger partial charge in [0.05, 0.1) is 0 Å². The van der Waals surface area contributed by atoms with Crippen molar-refractivity contribution in [3.63, 3.8) is 0 Å². The summed E-state index contributed by atoms with van der Waals surface area (Å²) < 4.78 is 0. The van der Waals surface area contributed by atoms with E-state index in [2.05, 4.69) is 39.1 Å². The van der Waals surface area contributed by atoms with Crippen LogP contribution in [0.2, 0.25) is 0 Å². The van der Waals surface area contributed by atoms with Crippen LogP contribution in [0.1, 0.15) is 38.1 Å². The lowest BCUT2D eigenvalue weighted by Gasteiger charge is -2.15. The third-order valence-electron chi connectivity index (χ3n) is 1.80. The smallest absolute Gasteiger partial charge is 0.0102 e. The Balaban J connectivity index is 2.89. The monoisotopic (exact) mass is 168 g/mol. The molecule has 0 spiro atoms. The molecule has 1 rings (SSSR count). The van der Waals surface area contributed by atoms with Gasteiger partial charge in [-0.1, -0.05) is 27.7 Å². The number of rotatable bonds is 1. The second-order valence-corrected chi connectivity index (χ2v) is 4.83. The van der Waals surface area contributed by atoms with Gasteiger partial charge in [-0.2, -0.15) is 0 Å². The van der Waals surface area contributed by atoms with Crippen LogP contribution in [0.15, 0.2) is 11.4 Å². The van der Waals surface area contributed by atoms with E-state index in [1.807, 2.05) is 11.3 Å². The van der Waals surface area contributed by atoms with Crippen molar-refractivity contribution in [2.24, 2.45) is 0 Å². The minimum atomic E-state index is 0.331. The molecule has 1 heterocycles. The summed E-state index contributed by atoms with van der Waals surface area (Å²) in [5.41, 5.74) is 1.80. The molecule has 0 unspecified atom stereocenters. The summed E-state index contributed by atoms with van der Waals surface area (Å²) in [5, 5.41) is 2.26. The average Bonchev–Trinajstić information content (AvgIpc) is 2.32. The normalized spacial score (nSPS) is 12.0. The number of aryl methyl sites for hydroxylation is 1. The van der Waals surface area contributed by atoms with Gasteiger partial charge in [0.2, 0.25) is 0 Å². The number of hydrogen-bond acceptors (Lipinski definition) is 1. The molecule has 62 valence electrons. The van der Waals surface area contributed by atoms with Crippen LogP contribution < -0.4 is 0 Å². The highest BCUT2D eigenvalue weighted by atomic mass is 32.1. The lowest BCUT2D eigenvalue weighted by Crippen LogP contribution is -2.07. The second kappa shape index (κ2) is 2.98. The van der Waals surface area contributed by atoms with Gasteiger partial charge >= 0.3 is 0 Å². The van der Waals surface area contributed by atoms with Crippen LogP contribution in [0.3, 0.4) is 0 Å². The molecule has 0 aliphatic rings. The summed E-state index contributed by atoms with van der Waals surface area (Å²) in [6, 6.07) is 2.32. The SMILES string of the molecule is CCc1csc(C(C)(C)C)c1. The topological polar surface area (TPSA) is 0 Å². The summed E-state index contributed by atoms with van der Waals surface area (Å²) in [6.45, 7) is 8.99. The zero-order valence-electron chi connectivity index (χ0n) is 7.77. The molecule has 0 fully saturated rings. The van der Waals surface area contributed by atoms with Crippen molar-refractivity contribution in [3.8, 4) is 0 Å². The highest BCUT2D eigenvalue weighted by Crippen LogP contribution is 2.28. The van der Waals surface area contributed by atoms with E-state index in [9.17, 15) is 0 Å². The van der Waals surface area contributed by atoms with Crippen molar-refractivity contribution >= 4 is 11.3 Å². The quantitative estimate of drug-likeness (QED) is 0.601. The highest BCUT2D eigenvalue weighted by Gasteiger charge is 2.15. The van der Waals surface area contributed by atoms with Crippen LogP contribution in [0.5, 0.6) is 0 Å². The Hall–Kier alpha value is -0.300. The summed E-state index contributed by atoms with van der Waals surface area (Å²) in [4.78, 5) is 1.49. The fraction of sp³-hybridized carbons (Fsp3) is 0.600. The Morgan fingerprint density at radius 1 is 1.36 bits per heavy atom. The van der Waals surface area contributed by atoms with Gasteiger partial charge < -0.3 is 0 Å². The highest BCUT2D eigenvalue weighted by molar-refractivity contribution is 7.10. The average molecular weight is 168 g/mol. The summed E-state index contributed by atoms with van der Waals surface area (Å²) >= 11 is 1.88. The molecule has 0 nitrogen and oxygen atoms in total. The molecule has 0 saturated heterocycles. The minimum absolute atomic E-state index is 0.331. The molecular formula is C10H16S. The Labute approximate surface area is 73.3 Å².